The smallest absolute Gasteiger partial charge is 0.332 e. The van der Waals surface area contributed by atoms with Crippen LogP contribution >= 0.6 is 0 Å². The van der Waals surface area contributed by atoms with E-state index in [2.05, 4.69) is 12.0 Å². The highest BCUT2D eigenvalue weighted by Gasteiger charge is 2.00. The molecule has 0 aliphatic heterocycles. The summed E-state index contributed by atoms with van der Waals surface area (Å²) in [5.41, 5.74) is 7.37. The van der Waals surface area contributed by atoms with Crippen LogP contribution in [-0.4, -0.2) is 18.9 Å². The average Bonchev–Trinajstić information content (AvgIpc) is 2.34. The Hall–Kier alpha value is -2.11. The van der Waals surface area contributed by atoms with Gasteiger partial charge in [-0.1, -0.05) is 19.8 Å². The second-order valence-electron chi connectivity index (χ2n) is 4.01. The second kappa shape index (κ2) is 8.07. The van der Waals surface area contributed by atoms with Crippen molar-refractivity contribution in [2.45, 2.75) is 26.2 Å². The van der Waals surface area contributed by atoms with Gasteiger partial charge in [-0.3, -0.25) is 0 Å². The van der Waals surface area contributed by atoms with Crippen molar-refractivity contribution in [3.63, 3.8) is 0 Å². The van der Waals surface area contributed by atoms with Crippen molar-refractivity contribution in [1.29, 1.82) is 0 Å². The van der Waals surface area contributed by atoms with E-state index in [4.69, 9.17) is 10.5 Å². The molecule has 0 spiro atoms. The number of hydrogen-bond donors (Lipinski definition) is 2. The summed E-state index contributed by atoms with van der Waals surface area (Å²) in [6.45, 7) is 2.65. The van der Waals surface area contributed by atoms with Crippen LogP contribution in [0.15, 0.2) is 23.3 Å². The van der Waals surface area contributed by atoms with Crippen molar-refractivity contribution >= 4 is 12.2 Å². The van der Waals surface area contributed by atoms with E-state index < -0.39 is 11.8 Å². The zero-order chi connectivity index (χ0) is 14.1. The highest BCUT2D eigenvalue weighted by molar-refractivity contribution is 5.82. The molecule has 0 fully saturated rings. The molecule has 0 aliphatic carbocycles. The van der Waals surface area contributed by atoms with E-state index in [0.717, 1.165) is 19.3 Å². The first-order valence-electron chi connectivity index (χ1n) is 6.13. The van der Waals surface area contributed by atoms with Gasteiger partial charge in [0.05, 0.1) is 12.8 Å². The van der Waals surface area contributed by atoms with E-state index in [9.17, 15) is 9.18 Å². The number of unbranched alkanes of at least 4 members (excludes halogenated alkanes) is 2. The molecule has 19 heavy (non-hydrogen) atoms. The fourth-order valence-corrected chi connectivity index (χ4v) is 1.45. The molecular formula is C13H18FN3O2. The number of nitrogens with zero attached hydrogens (tertiary/aromatic N) is 1. The Bertz CT molecular complexity index is 450. The average molecular weight is 267 g/mol. The number of nitrogens with two attached hydrogens (primary N) is 1. The minimum atomic E-state index is -0.774. The van der Waals surface area contributed by atoms with Crippen LogP contribution in [0.1, 0.15) is 31.7 Å². The Kier molecular flexibility index (Phi) is 6.35. The summed E-state index contributed by atoms with van der Waals surface area (Å²) in [6.07, 6.45) is 4.40. The van der Waals surface area contributed by atoms with Crippen molar-refractivity contribution < 1.29 is 13.9 Å². The van der Waals surface area contributed by atoms with Gasteiger partial charge in [-0.15, -0.1) is 0 Å². The first-order chi connectivity index (χ1) is 9.11. The lowest BCUT2D eigenvalue weighted by molar-refractivity contribution is 0.249. The molecule has 5 nitrogen and oxygen atoms in total. The number of hydrogen-bond acceptors (Lipinski definition) is 3. The molecule has 1 rings (SSSR count). The van der Waals surface area contributed by atoms with Gasteiger partial charge < -0.3 is 10.5 Å². The van der Waals surface area contributed by atoms with Gasteiger partial charge >= 0.3 is 6.03 Å². The summed E-state index contributed by atoms with van der Waals surface area (Å²) in [6, 6.07) is 3.46. The SMILES string of the molecule is CCCCCOc1cc(F)cc(C=NNC(N)=O)c1. The number of hydrazone groups is 1. The maximum Gasteiger partial charge on any atom is 0.332 e. The van der Waals surface area contributed by atoms with Crippen LogP contribution in [0.2, 0.25) is 0 Å². The number of amides is 2. The molecule has 0 saturated heterocycles. The van der Waals surface area contributed by atoms with Crippen molar-refractivity contribution in [3.8, 4) is 5.75 Å². The van der Waals surface area contributed by atoms with Gasteiger partial charge in [-0.2, -0.15) is 5.10 Å². The Labute approximate surface area is 111 Å². The molecule has 104 valence electrons. The largest absolute Gasteiger partial charge is 0.493 e. The number of carbonyl (C=O) groups is 1. The summed E-state index contributed by atoms with van der Waals surface area (Å²) in [5.74, 6) is 0.0187. The van der Waals surface area contributed by atoms with Gasteiger partial charge in [0, 0.05) is 11.6 Å². The predicted octanol–water partition coefficient (Wildman–Crippen LogP) is 2.40. The van der Waals surface area contributed by atoms with Gasteiger partial charge in [0.25, 0.3) is 0 Å². The summed E-state index contributed by atoms with van der Waals surface area (Å²) in [7, 11) is 0. The number of primary amides is 1. The zero-order valence-electron chi connectivity index (χ0n) is 10.9. The van der Waals surface area contributed by atoms with Gasteiger partial charge in [-0.05, 0) is 18.6 Å². The molecule has 3 N–H and O–H groups in total. The Morgan fingerprint density at radius 1 is 1.47 bits per heavy atom. The summed E-state index contributed by atoms with van der Waals surface area (Å²) < 4.78 is 18.8. The lowest BCUT2D eigenvalue weighted by Gasteiger charge is -2.06. The van der Waals surface area contributed by atoms with E-state index in [1.807, 2.05) is 5.43 Å². The molecule has 0 unspecified atom stereocenters. The van der Waals surface area contributed by atoms with E-state index in [0.29, 0.717) is 17.9 Å². The standard InChI is InChI=1S/C13H18FN3O2/c1-2-3-4-5-19-12-7-10(6-11(14)8-12)9-16-17-13(15)18/h6-9H,2-5H2,1H3,(H3,15,17,18). The topological polar surface area (TPSA) is 76.7 Å². The third-order valence-corrected chi connectivity index (χ3v) is 2.30. The minimum absolute atomic E-state index is 0.423. The van der Waals surface area contributed by atoms with Crippen molar-refractivity contribution in [3.05, 3.63) is 29.6 Å². The quantitative estimate of drug-likeness (QED) is 0.452. The molecule has 1 aromatic carbocycles. The van der Waals surface area contributed by atoms with Gasteiger partial charge in [0.15, 0.2) is 0 Å². The molecule has 0 aromatic heterocycles. The maximum atomic E-state index is 13.3. The normalized spacial score (nSPS) is 10.6. The highest BCUT2D eigenvalue weighted by atomic mass is 19.1. The Balaban J connectivity index is 2.60. The van der Waals surface area contributed by atoms with Crippen LogP contribution in [0, 0.1) is 5.82 Å². The number of carbonyl (C=O) groups excluding carboxylic acids is 1. The molecule has 0 bridgehead atoms. The zero-order valence-corrected chi connectivity index (χ0v) is 10.9. The fraction of sp³-hybridized carbons (Fsp3) is 0.385. The highest BCUT2D eigenvalue weighted by Crippen LogP contribution is 2.16. The van der Waals surface area contributed by atoms with Crippen molar-refractivity contribution in [2.24, 2.45) is 10.8 Å². The molecular weight excluding hydrogens is 249 g/mol. The first kappa shape index (κ1) is 14.9. The van der Waals surface area contributed by atoms with E-state index in [1.165, 1.54) is 18.3 Å². The van der Waals surface area contributed by atoms with Gasteiger partial charge in [-0.25, -0.2) is 14.6 Å². The van der Waals surface area contributed by atoms with Crippen LogP contribution in [0.5, 0.6) is 5.75 Å². The lowest BCUT2D eigenvalue weighted by atomic mass is 10.2. The third kappa shape index (κ3) is 6.40. The number of rotatable bonds is 7. The molecule has 6 heteroatoms. The summed E-state index contributed by atoms with van der Waals surface area (Å²) in [5, 5.41) is 3.56. The molecule has 0 aliphatic rings. The van der Waals surface area contributed by atoms with Crippen LogP contribution in [0.25, 0.3) is 0 Å². The Morgan fingerprint density at radius 3 is 2.95 bits per heavy atom. The van der Waals surface area contributed by atoms with Crippen molar-refractivity contribution in [1.82, 2.24) is 5.43 Å². The molecule has 0 heterocycles. The third-order valence-electron chi connectivity index (χ3n) is 2.30. The maximum absolute atomic E-state index is 13.3. The van der Waals surface area contributed by atoms with Crippen LogP contribution in [-0.2, 0) is 0 Å². The summed E-state index contributed by atoms with van der Waals surface area (Å²) >= 11 is 0. The number of urea groups is 1. The molecule has 0 radical (unpaired) electrons. The fourth-order valence-electron chi connectivity index (χ4n) is 1.45. The van der Waals surface area contributed by atoms with Crippen LogP contribution < -0.4 is 15.9 Å². The van der Waals surface area contributed by atoms with E-state index in [1.54, 1.807) is 6.07 Å². The van der Waals surface area contributed by atoms with E-state index >= 15 is 0 Å². The minimum Gasteiger partial charge on any atom is -0.493 e. The molecule has 0 saturated carbocycles. The predicted molar refractivity (Wildman–Crippen MR) is 71.7 cm³/mol. The number of nitrogens with one attached hydrogen (secondary N) is 1. The molecule has 1 aromatic rings. The van der Waals surface area contributed by atoms with Gasteiger partial charge in [0.1, 0.15) is 11.6 Å². The molecule has 2 amide bonds. The Morgan fingerprint density at radius 2 is 2.26 bits per heavy atom. The van der Waals surface area contributed by atoms with Gasteiger partial charge in [0.2, 0.25) is 0 Å². The molecule has 0 atom stereocenters. The monoisotopic (exact) mass is 267 g/mol. The van der Waals surface area contributed by atoms with Crippen LogP contribution in [0.3, 0.4) is 0 Å². The first-order valence-corrected chi connectivity index (χ1v) is 6.13. The van der Waals surface area contributed by atoms with Crippen LogP contribution in [0.4, 0.5) is 9.18 Å². The second-order valence-corrected chi connectivity index (χ2v) is 4.01. The number of halogens is 1. The van der Waals surface area contributed by atoms with Crippen molar-refractivity contribution in [2.75, 3.05) is 6.61 Å². The number of ether oxygens (including phenoxy) is 1. The summed E-state index contributed by atoms with van der Waals surface area (Å²) in [4.78, 5) is 10.4. The number of benzene rings is 1. The van der Waals surface area contributed by atoms with E-state index in [-0.39, 0.29) is 0 Å². The lowest BCUT2D eigenvalue weighted by Crippen LogP contribution is -2.24.